The number of carbonyl (C=O) groups is 1. The van der Waals surface area contributed by atoms with Gasteiger partial charge in [0.15, 0.2) is 5.13 Å². The number of hydrogen-bond donors (Lipinski definition) is 2. The number of rotatable bonds is 8. The topological polar surface area (TPSA) is 65.5 Å². The minimum absolute atomic E-state index is 0.0838. The average molecular weight is 347 g/mol. The van der Waals surface area contributed by atoms with Crippen molar-refractivity contribution in [1.29, 1.82) is 0 Å². The fourth-order valence-corrected chi connectivity index (χ4v) is 3.22. The van der Waals surface area contributed by atoms with Gasteiger partial charge in [0, 0.05) is 24.0 Å². The number of aryl methyl sites for hydroxylation is 1. The van der Waals surface area contributed by atoms with E-state index in [-0.39, 0.29) is 12.0 Å². The monoisotopic (exact) mass is 347 g/mol. The standard InChI is InChI=1S/C18H25N3O2S/c1-13-5-4-6-15(9-13)10-16-11-19-18(24-16)20-17(23)12-21(3)8-7-14(2)22/h4-6,9,11,14,22H,7-8,10,12H2,1-3H3,(H,19,20,23). The van der Waals surface area contributed by atoms with E-state index in [0.29, 0.717) is 24.6 Å². The first-order valence-electron chi connectivity index (χ1n) is 8.09. The number of aliphatic hydroxyl groups excluding tert-OH is 1. The number of likely N-dealkylation sites (N-methyl/N-ethyl adjacent to an activating group) is 1. The molecule has 2 aromatic rings. The Morgan fingerprint density at radius 1 is 1.46 bits per heavy atom. The van der Waals surface area contributed by atoms with Crippen molar-refractivity contribution in [3.8, 4) is 0 Å². The van der Waals surface area contributed by atoms with Crippen LogP contribution in [0.4, 0.5) is 5.13 Å². The Balaban J connectivity index is 1.83. The van der Waals surface area contributed by atoms with Crippen LogP contribution < -0.4 is 5.32 Å². The second-order valence-corrected chi connectivity index (χ2v) is 7.34. The van der Waals surface area contributed by atoms with Crippen LogP contribution in [0.15, 0.2) is 30.5 Å². The molecule has 1 aromatic carbocycles. The van der Waals surface area contributed by atoms with Crippen molar-refractivity contribution in [2.45, 2.75) is 32.8 Å². The van der Waals surface area contributed by atoms with E-state index in [1.807, 2.05) is 18.1 Å². The Labute approximate surface area is 147 Å². The van der Waals surface area contributed by atoms with Gasteiger partial charge >= 0.3 is 0 Å². The molecule has 1 amide bonds. The van der Waals surface area contributed by atoms with Crippen molar-refractivity contribution >= 4 is 22.4 Å². The number of anilines is 1. The van der Waals surface area contributed by atoms with Gasteiger partial charge in [-0.05, 0) is 32.9 Å². The Bertz CT molecular complexity index is 670. The van der Waals surface area contributed by atoms with Crippen molar-refractivity contribution in [2.24, 2.45) is 0 Å². The normalized spacial score (nSPS) is 12.4. The first kappa shape index (κ1) is 18.6. The molecule has 0 saturated heterocycles. The summed E-state index contributed by atoms with van der Waals surface area (Å²) in [6.45, 7) is 4.80. The molecular formula is C18H25N3O2S. The van der Waals surface area contributed by atoms with Crippen LogP contribution in [0.5, 0.6) is 0 Å². The number of hydrogen-bond acceptors (Lipinski definition) is 5. The van der Waals surface area contributed by atoms with Crippen LogP contribution in [0.1, 0.15) is 29.3 Å². The summed E-state index contributed by atoms with van der Waals surface area (Å²) < 4.78 is 0. The van der Waals surface area contributed by atoms with E-state index in [4.69, 9.17) is 0 Å². The van der Waals surface area contributed by atoms with Gasteiger partial charge in [-0.25, -0.2) is 4.98 Å². The molecule has 1 heterocycles. The first-order chi connectivity index (χ1) is 11.4. The summed E-state index contributed by atoms with van der Waals surface area (Å²) in [6, 6.07) is 8.39. The van der Waals surface area contributed by atoms with Gasteiger partial charge < -0.3 is 10.4 Å². The third kappa shape index (κ3) is 6.39. The third-order valence-electron chi connectivity index (χ3n) is 3.60. The Hall–Kier alpha value is -1.76. The molecule has 0 spiro atoms. The number of nitrogens with one attached hydrogen (secondary N) is 1. The molecule has 1 aromatic heterocycles. The summed E-state index contributed by atoms with van der Waals surface area (Å²) >= 11 is 1.51. The van der Waals surface area contributed by atoms with Gasteiger partial charge in [0.2, 0.25) is 5.91 Å². The smallest absolute Gasteiger partial charge is 0.240 e. The van der Waals surface area contributed by atoms with E-state index in [9.17, 15) is 9.90 Å². The molecule has 0 bridgehead atoms. The lowest BCUT2D eigenvalue weighted by Crippen LogP contribution is -2.31. The summed E-state index contributed by atoms with van der Waals surface area (Å²) in [5.41, 5.74) is 2.49. The van der Waals surface area contributed by atoms with E-state index in [1.165, 1.54) is 22.5 Å². The lowest BCUT2D eigenvalue weighted by Gasteiger charge is -2.16. The van der Waals surface area contributed by atoms with E-state index in [1.54, 1.807) is 6.92 Å². The van der Waals surface area contributed by atoms with E-state index in [0.717, 1.165) is 11.3 Å². The minimum atomic E-state index is -0.348. The van der Waals surface area contributed by atoms with Crippen molar-refractivity contribution in [3.05, 3.63) is 46.5 Å². The summed E-state index contributed by atoms with van der Waals surface area (Å²) in [5.74, 6) is -0.0838. The van der Waals surface area contributed by atoms with Crippen LogP contribution in [0.2, 0.25) is 0 Å². The van der Waals surface area contributed by atoms with Gasteiger partial charge in [-0.15, -0.1) is 11.3 Å². The molecule has 1 atom stereocenters. The van der Waals surface area contributed by atoms with Gasteiger partial charge in [0.25, 0.3) is 0 Å². The van der Waals surface area contributed by atoms with E-state index >= 15 is 0 Å². The van der Waals surface area contributed by atoms with E-state index < -0.39 is 0 Å². The van der Waals surface area contributed by atoms with Gasteiger partial charge in [0.05, 0.1) is 12.6 Å². The Morgan fingerprint density at radius 3 is 2.96 bits per heavy atom. The molecule has 0 aliphatic carbocycles. The number of aliphatic hydroxyl groups is 1. The molecule has 0 aliphatic rings. The zero-order chi connectivity index (χ0) is 17.5. The molecule has 2 N–H and O–H groups in total. The summed E-state index contributed by atoms with van der Waals surface area (Å²) in [5, 5.41) is 12.7. The third-order valence-corrected chi connectivity index (χ3v) is 4.52. The lowest BCUT2D eigenvalue weighted by atomic mass is 10.1. The van der Waals surface area contributed by atoms with Gasteiger partial charge in [0.1, 0.15) is 0 Å². The number of nitrogens with zero attached hydrogens (tertiary/aromatic N) is 2. The molecule has 0 radical (unpaired) electrons. The zero-order valence-electron chi connectivity index (χ0n) is 14.5. The largest absolute Gasteiger partial charge is 0.393 e. The maximum atomic E-state index is 12.0. The summed E-state index contributed by atoms with van der Waals surface area (Å²) in [4.78, 5) is 19.3. The highest BCUT2D eigenvalue weighted by Gasteiger charge is 2.10. The van der Waals surface area contributed by atoms with Crippen LogP contribution >= 0.6 is 11.3 Å². The van der Waals surface area contributed by atoms with Crippen LogP contribution in [0, 0.1) is 6.92 Å². The molecule has 24 heavy (non-hydrogen) atoms. The van der Waals surface area contributed by atoms with Crippen molar-refractivity contribution < 1.29 is 9.90 Å². The first-order valence-corrected chi connectivity index (χ1v) is 8.90. The molecule has 2 rings (SSSR count). The molecule has 6 heteroatoms. The predicted molar refractivity (Wildman–Crippen MR) is 98.5 cm³/mol. The molecule has 5 nitrogen and oxygen atoms in total. The molecular weight excluding hydrogens is 322 g/mol. The van der Waals surface area contributed by atoms with Crippen molar-refractivity contribution in [3.63, 3.8) is 0 Å². The second kappa shape index (κ2) is 8.92. The second-order valence-electron chi connectivity index (χ2n) is 6.22. The number of amides is 1. The SMILES string of the molecule is Cc1cccc(Cc2cnc(NC(=O)CN(C)CCC(C)O)s2)c1. The molecule has 0 saturated carbocycles. The molecule has 0 aliphatic heterocycles. The highest BCUT2D eigenvalue weighted by Crippen LogP contribution is 2.21. The lowest BCUT2D eigenvalue weighted by molar-refractivity contribution is -0.117. The van der Waals surface area contributed by atoms with Crippen LogP contribution in [0.25, 0.3) is 0 Å². The molecule has 0 fully saturated rings. The highest BCUT2D eigenvalue weighted by atomic mass is 32.1. The fourth-order valence-electron chi connectivity index (χ4n) is 2.36. The highest BCUT2D eigenvalue weighted by molar-refractivity contribution is 7.15. The summed E-state index contributed by atoms with van der Waals surface area (Å²) in [7, 11) is 1.87. The maximum Gasteiger partial charge on any atom is 0.240 e. The summed E-state index contributed by atoms with van der Waals surface area (Å²) in [6.07, 6.45) is 2.95. The van der Waals surface area contributed by atoms with Crippen LogP contribution in [-0.4, -0.2) is 47.1 Å². The fraction of sp³-hybridized carbons (Fsp3) is 0.444. The van der Waals surface area contributed by atoms with Crippen molar-refractivity contribution in [2.75, 3.05) is 25.5 Å². The van der Waals surface area contributed by atoms with Crippen molar-refractivity contribution in [1.82, 2.24) is 9.88 Å². The molecule has 1 unspecified atom stereocenters. The number of carbonyl (C=O) groups excluding carboxylic acids is 1. The average Bonchev–Trinajstić information content (AvgIpc) is 2.92. The number of thiazole rings is 1. The van der Waals surface area contributed by atoms with E-state index in [2.05, 4.69) is 41.5 Å². The van der Waals surface area contributed by atoms with Crippen LogP contribution in [0.3, 0.4) is 0 Å². The van der Waals surface area contributed by atoms with Gasteiger partial charge in [-0.2, -0.15) is 0 Å². The molecule has 130 valence electrons. The Kier molecular flexibility index (Phi) is 6.90. The van der Waals surface area contributed by atoms with Gasteiger partial charge in [-0.1, -0.05) is 29.8 Å². The zero-order valence-corrected chi connectivity index (χ0v) is 15.3. The predicted octanol–water partition coefficient (Wildman–Crippen LogP) is 2.68. The quantitative estimate of drug-likeness (QED) is 0.770. The van der Waals surface area contributed by atoms with Gasteiger partial charge in [-0.3, -0.25) is 9.69 Å². The minimum Gasteiger partial charge on any atom is -0.393 e. The Morgan fingerprint density at radius 2 is 2.25 bits per heavy atom. The number of benzene rings is 1. The maximum absolute atomic E-state index is 12.0. The van der Waals surface area contributed by atoms with Crippen LogP contribution in [-0.2, 0) is 11.2 Å². The number of aromatic nitrogens is 1.